The van der Waals surface area contributed by atoms with E-state index in [0.29, 0.717) is 53.6 Å². The summed E-state index contributed by atoms with van der Waals surface area (Å²) in [6.07, 6.45) is 0.920. The molecule has 0 radical (unpaired) electrons. The number of hydrogen-bond acceptors (Lipinski definition) is 6. The molecule has 1 aromatic carbocycles. The van der Waals surface area contributed by atoms with Crippen LogP contribution in [-0.4, -0.2) is 55.2 Å². The van der Waals surface area contributed by atoms with E-state index in [-0.39, 0.29) is 11.9 Å². The van der Waals surface area contributed by atoms with Crippen LogP contribution in [0.1, 0.15) is 10.4 Å². The zero-order valence-corrected chi connectivity index (χ0v) is 16.4. The summed E-state index contributed by atoms with van der Waals surface area (Å²) in [5.74, 6) is -0.0236. The van der Waals surface area contributed by atoms with E-state index in [4.69, 9.17) is 25.5 Å². The zero-order valence-electron chi connectivity index (χ0n) is 15.6. The van der Waals surface area contributed by atoms with Crippen molar-refractivity contribution >= 4 is 34.6 Å². The Labute approximate surface area is 171 Å². The predicted octanol–water partition coefficient (Wildman–Crippen LogP) is 3.34. The average Bonchev–Trinajstić information content (AvgIpc) is 3.17. The number of carbonyl (C=O) groups excluding carboxylic acids is 2. The van der Waals surface area contributed by atoms with Crippen molar-refractivity contribution in [3.63, 3.8) is 0 Å². The lowest BCUT2D eigenvalue weighted by Crippen LogP contribution is -2.40. The second-order valence-corrected chi connectivity index (χ2v) is 6.83. The Morgan fingerprint density at radius 2 is 2.00 bits per heavy atom. The highest BCUT2D eigenvalue weighted by Crippen LogP contribution is 2.34. The van der Waals surface area contributed by atoms with E-state index < -0.39 is 6.09 Å². The van der Waals surface area contributed by atoms with Crippen molar-refractivity contribution in [3.05, 3.63) is 47.1 Å². The number of benzene rings is 1. The maximum Gasteiger partial charge on any atom is 0.414 e. The fourth-order valence-electron chi connectivity index (χ4n) is 3.07. The molecule has 150 valence electrons. The Kier molecular flexibility index (Phi) is 5.37. The van der Waals surface area contributed by atoms with Crippen molar-refractivity contribution in [3.8, 4) is 17.2 Å². The molecule has 0 unspecified atom stereocenters. The lowest BCUT2D eigenvalue weighted by atomic mass is 10.1. The molecule has 0 spiro atoms. The van der Waals surface area contributed by atoms with Gasteiger partial charge in [-0.05, 0) is 24.3 Å². The molecule has 1 aliphatic rings. The van der Waals surface area contributed by atoms with Crippen LogP contribution in [0, 0.1) is 0 Å². The van der Waals surface area contributed by atoms with Crippen LogP contribution in [0.5, 0.6) is 5.95 Å². The molecule has 1 N–H and O–H groups in total. The van der Waals surface area contributed by atoms with Crippen LogP contribution in [0.15, 0.2) is 40.9 Å². The summed E-state index contributed by atoms with van der Waals surface area (Å²) >= 11 is 6.33. The van der Waals surface area contributed by atoms with Crippen molar-refractivity contribution < 1.29 is 23.5 Å². The molecule has 0 atom stereocenters. The minimum Gasteiger partial charge on any atom is -0.424 e. The number of morpholine rings is 1. The SMILES string of the molecule is CNC(=O)Oc1cc2cc(-c3ccc(C(=O)N4CCOCC4)cn3)cc(Cl)c2o1. The lowest BCUT2D eigenvalue weighted by Gasteiger charge is -2.26. The molecule has 3 aromatic rings. The van der Waals surface area contributed by atoms with E-state index in [1.54, 1.807) is 35.4 Å². The first kappa shape index (κ1) is 19.2. The number of fused-ring (bicyclic) bond motifs is 1. The number of ether oxygens (including phenoxy) is 2. The van der Waals surface area contributed by atoms with E-state index in [9.17, 15) is 9.59 Å². The lowest BCUT2D eigenvalue weighted by molar-refractivity contribution is 0.0302. The summed E-state index contributed by atoms with van der Waals surface area (Å²) in [5.41, 5.74) is 2.34. The van der Waals surface area contributed by atoms with Crippen LogP contribution >= 0.6 is 11.6 Å². The van der Waals surface area contributed by atoms with Crippen LogP contribution in [-0.2, 0) is 4.74 Å². The van der Waals surface area contributed by atoms with Gasteiger partial charge >= 0.3 is 6.09 Å². The Bertz CT molecular complexity index is 1060. The topological polar surface area (TPSA) is 93.9 Å². The van der Waals surface area contributed by atoms with Crippen molar-refractivity contribution in [1.82, 2.24) is 15.2 Å². The number of pyridine rings is 1. The van der Waals surface area contributed by atoms with Crippen molar-refractivity contribution in [2.24, 2.45) is 0 Å². The van der Waals surface area contributed by atoms with E-state index >= 15 is 0 Å². The minimum atomic E-state index is -0.636. The van der Waals surface area contributed by atoms with Gasteiger partial charge in [-0.2, -0.15) is 0 Å². The number of carbonyl (C=O) groups is 2. The van der Waals surface area contributed by atoms with Crippen LogP contribution in [0.4, 0.5) is 4.79 Å². The number of furan rings is 1. The number of rotatable bonds is 3. The monoisotopic (exact) mass is 415 g/mol. The van der Waals surface area contributed by atoms with Crippen molar-refractivity contribution in [1.29, 1.82) is 0 Å². The number of amides is 2. The molecule has 9 heteroatoms. The molecular weight excluding hydrogens is 398 g/mol. The van der Waals surface area contributed by atoms with Gasteiger partial charge in [0.05, 0.1) is 29.5 Å². The highest BCUT2D eigenvalue weighted by molar-refractivity contribution is 6.35. The van der Waals surface area contributed by atoms with Crippen molar-refractivity contribution in [2.75, 3.05) is 33.4 Å². The van der Waals surface area contributed by atoms with E-state index in [2.05, 4.69) is 10.3 Å². The molecule has 8 nitrogen and oxygen atoms in total. The highest BCUT2D eigenvalue weighted by atomic mass is 35.5. The molecule has 29 heavy (non-hydrogen) atoms. The number of nitrogens with one attached hydrogen (secondary N) is 1. The molecule has 0 aliphatic carbocycles. The third-order valence-electron chi connectivity index (χ3n) is 4.55. The van der Waals surface area contributed by atoms with Gasteiger partial charge in [0.1, 0.15) is 0 Å². The first-order chi connectivity index (χ1) is 14.0. The van der Waals surface area contributed by atoms with Gasteiger partial charge in [0, 0.05) is 43.4 Å². The molecule has 2 aromatic heterocycles. The van der Waals surface area contributed by atoms with E-state index in [0.717, 1.165) is 5.56 Å². The Hall–Kier alpha value is -3.10. The van der Waals surface area contributed by atoms with Gasteiger partial charge in [-0.25, -0.2) is 4.79 Å². The van der Waals surface area contributed by atoms with Crippen LogP contribution < -0.4 is 10.1 Å². The number of hydrogen-bond donors (Lipinski definition) is 1. The second kappa shape index (κ2) is 8.10. The minimum absolute atomic E-state index is 0.0396. The summed E-state index contributed by atoms with van der Waals surface area (Å²) in [5, 5.41) is 3.37. The normalized spacial score (nSPS) is 14.1. The quantitative estimate of drug-likeness (QED) is 0.705. The molecule has 3 heterocycles. The molecule has 0 bridgehead atoms. The van der Waals surface area contributed by atoms with Crippen molar-refractivity contribution in [2.45, 2.75) is 0 Å². The molecule has 1 aliphatic heterocycles. The Morgan fingerprint density at radius 1 is 1.21 bits per heavy atom. The van der Waals surface area contributed by atoms with Gasteiger partial charge in [-0.1, -0.05) is 11.6 Å². The fraction of sp³-hybridized carbons (Fsp3) is 0.250. The summed E-state index contributed by atoms with van der Waals surface area (Å²) in [6.45, 7) is 2.25. The zero-order chi connectivity index (χ0) is 20.4. The van der Waals surface area contributed by atoms with Gasteiger partial charge in [0.15, 0.2) is 5.58 Å². The van der Waals surface area contributed by atoms with Gasteiger partial charge in [-0.15, -0.1) is 0 Å². The molecule has 2 amide bonds. The third-order valence-corrected chi connectivity index (χ3v) is 4.83. The van der Waals surface area contributed by atoms with Gasteiger partial charge in [0.2, 0.25) is 0 Å². The number of halogens is 1. The summed E-state index contributed by atoms with van der Waals surface area (Å²) in [6, 6.07) is 8.63. The molecule has 4 rings (SSSR count). The summed E-state index contributed by atoms with van der Waals surface area (Å²) < 4.78 is 15.8. The van der Waals surface area contributed by atoms with E-state index in [1.807, 2.05) is 6.07 Å². The molecule has 0 saturated carbocycles. The van der Waals surface area contributed by atoms with Gasteiger partial charge < -0.3 is 24.1 Å². The summed E-state index contributed by atoms with van der Waals surface area (Å²) in [7, 11) is 1.45. The highest BCUT2D eigenvalue weighted by Gasteiger charge is 2.19. The maximum absolute atomic E-state index is 12.5. The number of aromatic nitrogens is 1. The number of nitrogens with zero attached hydrogens (tertiary/aromatic N) is 2. The standard InChI is InChI=1S/C20H18ClN3O5/c1-22-20(26)29-17-10-14-8-13(9-15(21)18(14)28-17)16-3-2-12(11-23-16)19(25)24-4-6-27-7-5-24/h2-3,8-11H,4-7H2,1H3,(H,22,26). The average molecular weight is 416 g/mol. The molecule has 1 fully saturated rings. The first-order valence-electron chi connectivity index (χ1n) is 9.01. The van der Waals surface area contributed by atoms with Gasteiger partial charge in [0.25, 0.3) is 11.9 Å². The largest absolute Gasteiger partial charge is 0.424 e. The Morgan fingerprint density at radius 3 is 2.69 bits per heavy atom. The van der Waals surface area contributed by atoms with Gasteiger partial charge in [-0.3, -0.25) is 9.78 Å². The Balaban J connectivity index is 1.59. The van der Waals surface area contributed by atoms with Crippen LogP contribution in [0.3, 0.4) is 0 Å². The van der Waals surface area contributed by atoms with E-state index in [1.165, 1.54) is 7.05 Å². The van der Waals surface area contributed by atoms with Crippen LogP contribution in [0.25, 0.3) is 22.2 Å². The second-order valence-electron chi connectivity index (χ2n) is 6.42. The summed E-state index contributed by atoms with van der Waals surface area (Å²) in [4.78, 5) is 30.1. The maximum atomic E-state index is 12.5. The predicted molar refractivity (Wildman–Crippen MR) is 106 cm³/mol. The van der Waals surface area contributed by atoms with Crippen LogP contribution in [0.2, 0.25) is 5.02 Å². The smallest absolute Gasteiger partial charge is 0.414 e. The fourth-order valence-corrected chi connectivity index (χ4v) is 3.33. The molecular formula is C20H18ClN3O5. The third kappa shape index (κ3) is 4.03. The molecule has 1 saturated heterocycles. The first-order valence-corrected chi connectivity index (χ1v) is 9.39.